The van der Waals surface area contributed by atoms with Crippen molar-refractivity contribution >= 4 is 27.4 Å². The summed E-state index contributed by atoms with van der Waals surface area (Å²) in [5, 5.41) is 4.12. The Morgan fingerprint density at radius 3 is 2.80 bits per heavy atom. The van der Waals surface area contributed by atoms with Crippen LogP contribution in [0.15, 0.2) is 29.6 Å². The van der Waals surface area contributed by atoms with Gasteiger partial charge in [0.2, 0.25) is 10.0 Å². The quantitative estimate of drug-likeness (QED) is 0.839. The van der Waals surface area contributed by atoms with Crippen LogP contribution in [0, 0.1) is 0 Å². The SMILES string of the molecule is Cn1cc(CCNS(=O)(=O)c2cnc(N)c(Cl)c2)cn1. The number of halogens is 1. The topological polar surface area (TPSA) is 103 Å². The monoisotopic (exact) mass is 315 g/mol. The lowest BCUT2D eigenvalue weighted by Gasteiger charge is -2.06. The summed E-state index contributed by atoms with van der Waals surface area (Å²) in [4.78, 5) is 3.72. The van der Waals surface area contributed by atoms with E-state index >= 15 is 0 Å². The Kier molecular flexibility index (Phi) is 4.26. The lowest BCUT2D eigenvalue weighted by atomic mass is 10.3. The molecule has 2 rings (SSSR count). The molecule has 2 aromatic rings. The molecule has 0 fully saturated rings. The molecule has 0 aliphatic rings. The van der Waals surface area contributed by atoms with E-state index < -0.39 is 10.0 Å². The zero-order chi connectivity index (χ0) is 14.8. The highest BCUT2D eigenvalue weighted by molar-refractivity contribution is 7.89. The summed E-state index contributed by atoms with van der Waals surface area (Å²) in [6, 6.07) is 1.27. The summed E-state index contributed by atoms with van der Waals surface area (Å²) in [6.45, 7) is 0.260. The number of anilines is 1. The maximum absolute atomic E-state index is 12.0. The van der Waals surface area contributed by atoms with Crippen LogP contribution in [0.5, 0.6) is 0 Å². The van der Waals surface area contributed by atoms with Crippen LogP contribution in [0.25, 0.3) is 0 Å². The Bertz CT molecular complexity index is 713. The molecule has 9 heteroatoms. The van der Waals surface area contributed by atoms with E-state index in [9.17, 15) is 8.42 Å². The Morgan fingerprint density at radius 2 is 2.20 bits per heavy atom. The molecule has 2 aromatic heterocycles. The Balaban J connectivity index is 2.02. The van der Waals surface area contributed by atoms with Crippen LogP contribution < -0.4 is 10.5 Å². The van der Waals surface area contributed by atoms with Gasteiger partial charge < -0.3 is 5.73 Å². The van der Waals surface area contributed by atoms with Crippen molar-refractivity contribution in [2.24, 2.45) is 7.05 Å². The lowest BCUT2D eigenvalue weighted by Crippen LogP contribution is -2.26. The van der Waals surface area contributed by atoms with Gasteiger partial charge in [-0.25, -0.2) is 18.1 Å². The molecular weight excluding hydrogens is 302 g/mol. The molecule has 0 bridgehead atoms. The van der Waals surface area contributed by atoms with Gasteiger partial charge in [-0.15, -0.1) is 0 Å². The van der Waals surface area contributed by atoms with Crippen molar-refractivity contribution in [2.75, 3.05) is 12.3 Å². The molecule has 0 amide bonds. The zero-order valence-electron chi connectivity index (χ0n) is 10.7. The summed E-state index contributed by atoms with van der Waals surface area (Å²) < 4.78 is 28.2. The predicted octanol–water partition coefficient (Wildman–Crippen LogP) is 0.572. The number of nitrogen functional groups attached to an aromatic ring is 1. The van der Waals surface area contributed by atoms with E-state index in [1.54, 1.807) is 17.9 Å². The first-order chi connectivity index (χ1) is 9.38. The van der Waals surface area contributed by atoms with Crippen LogP contribution in [0.1, 0.15) is 5.56 Å². The van der Waals surface area contributed by atoms with Crippen molar-refractivity contribution in [3.05, 3.63) is 35.2 Å². The smallest absolute Gasteiger partial charge is 0.242 e. The van der Waals surface area contributed by atoms with E-state index in [4.69, 9.17) is 17.3 Å². The van der Waals surface area contributed by atoms with Gasteiger partial charge in [0.15, 0.2) is 0 Å². The third-order valence-electron chi connectivity index (χ3n) is 2.62. The van der Waals surface area contributed by atoms with Gasteiger partial charge in [0.05, 0.1) is 11.2 Å². The largest absolute Gasteiger partial charge is 0.382 e. The highest BCUT2D eigenvalue weighted by Crippen LogP contribution is 2.19. The predicted molar refractivity (Wildman–Crippen MR) is 75.8 cm³/mol. The summed E-state index contributed by atoms with van der Waals surface area (Å²) >= 11 is 5.76. The summed E-state index contributed by atoms with van der Waals surface area (Å²) in [5.74, 6) is 0.0981. The summed E-state index contributed by atoms with van der Waals surface area (Å²) in [6.07, 6.45) is 5.24. The minimum absolute atomic E-state index is 0.0112. The minimum Gasteiger partial charge on any atom is -0.382 e. The fourth-order valence-electron chi connectivity index (χ4n) is 1.59. The number of hydrogen-bond acceptors (Lipinski definition) is 5. The number of nitrogens with zero attached hydrogens (tertiary/aromatic N) is 3. The van der Waals surface area contributed by atoms with Gasteiger partial charge >= 0.3 is 0 Å². The zero-order valence-corrected chi connectivity index (χ0v) is 12.3. The van der Waals surface area contributed by atoms with Gasteiger partial charge in [-0.3, -0.25) is 4.68 Å². The number of pyridine rings is 1. The molecule has 0 saturated heterocycles. The molecule has 0 radical (unpaired) electrons. The van der Waals surface area contributed by atoms with E-state index in [0.717, 1.165) is 5.56 Å². The lowest BCUT2D eigenvalue weighted by molar-refractivity contribution is 0.581. The van der Waals surface area contributed by atoms with E-state index in [1.165, 1.54) is 12.3 Å². The highest BCUT2D eigenvalue weighted by Gasteiger charge is 2.15. The van der Waals surface area contributed by atoms with Crippen molar-refractivity contribution in [3.63, 3.8) is 0 Å². The standard InChI is InChI=1S/C11H14ClN5O2S/c1-17-7-8(5-15-17)2-3-16-20(18,19)9-4-10(12)11(13)14-6-9/h4-7,16H,2-3H2,1H3,(H2,13,14). The molecule has 0 unspecified atom stereocenters. The molecule has 2 heterocycles. The average molecular weight is 316 g/mol. The molecule has 7 nitrogen and oxygen atoms in total. The van der Waals surface area contributed by atoms with Crippen molar-refractivity contribution < 1.29 is 8.42 Å². The first-order valence-electron chi connectivity index (χ1n) is 5.77. The normalized spacial score (nSPS) is 11.7. The van der Waals surface area contributed by atoms with Crippen LogP contribution in [-0.2, 0) is 23.5 Å². The highest BCUT2D eigenvalue weighted by atomic mass is 35.5. The third kappa shape index (κ3) is 3.47. The fraction of sp³-hybridized carbons (Fsp3) is 0.273. The molecule has 0 aromatic carbocycles. The molecule has 0 atom stereocenters. The minimum atomic E-state index is -3.64. The van der Waals surface area contributed by atoms with Gasteiger partial charge in [-0.2, -0.15) is 5.10 Å². The van der Waals surface area contributed by atoms with E-state index in [0.29, 0.717) is 6.42 Å². The molecule has 0 aliphatic heterocycles. The van der Waals surface area contributed by atoms with Crippen molar-refractivity contribution in [1.29, 1.82) is 0 Å². The molecule has 108 valence electrons. The van der Waals surface area contributed by atoms with Crippen LogP contribution in [0.2, 0.25) is 5.02 Å². The number of nitrogens with one attached hydrogen (secondary N) is 1. The molecule has 3 N–H and O–H groups in total. The maximum atomic E-state index is 12.0. The third-order valence-corrected chi connectivity index (χ3v) is 4.35. The molecular formula is C11H14ClN5O2S. The van der Waals surface area contributed by atoms with Gasteiger partial charge in [0, 0.05) is 26.0 Å². The molecule has 20 heavy (non-hydrogen) atoms. The van der Waals surface area contributed by atoms with Crippen LogP contribution in [-0.4, -0.2) is 29.7 Å². The van der Waals surface area contributed by atoms with Gasteiger partial charge in [0.25, 0.3) is 0 Å². The Hall–Kier alpha value is -1.64. The number of nitrogens with two attached hydrogens (primary N) is 1. The van der Waals surface area contributed by atoms with Gasteiger partial charge in [-0.05, 0) is 18.1 Å². The number of rotatable bonds is 5. The number of aromatic nitrogens is 3. The summed E-state index contributed by atoms with van der Waals surface area (Å²) in [7, 11) is -1.84. The van der Waals surface area contributed by atoms with E-state index in [-0.39, 0.29) is 22.3 Å². The summed E-state index contributed by atoms with van der Waals surface area (Å²) in [5.41, 5.74) is 6.39. The molecule has 0 spiro atoms. The Labute approximate surface area is 121 Å². The van der Waals surface area contributed by atoms with Crippen LogP contribution in [0.3, 0.4) is 0 Å². The average Bonchev–Trinajstić information content (AvgIpc) is 2.78. The van der Waals surface area contributed by atoms with Gasteiger partial charge in [-0.1, -0.05) is 11.6 Å². The number of hydrogen-bond donors (Lipinski definition) is 2. The second kappa shape index (κ2) is 5.78. The molecule has 0 aliphatic carbocycles. The first kappa shape index (κ1) is 14.8. The van der Waals surface area contributed by atoms with Crippen molar-refractivity contribution in [2.45, 2.75) is 11.3 Å². The van der Waals surface area contributed by atoms with Crippen molar-refractivity contribution in [3.8, 4) is 0 Å². The second-order valence-electron chi connectivity index (χ2n) is 4.21. The van der Waals surface area contributed by atoms with E-state index in [2.05, 4.69) is 14.8 Å². The number of aryl methyl sites for hydroxylation is 1. The Morgan fingerprint density at radius 1 is 1.45 bits per heavy atom. The fourth-order valence-corrected chi connectivity index (χ4v) is 2.82. The first-order valence-corrected chi connectivity index (χ1v) is 7.63. The van der Waals surface area contributed by atoms with Crippen molar-refractivity contribution in [1.82, 2.24) is 19.5 Å². The second-order valence-corrected chi connectivity index (χ2v) is 6.38. The number of sulfonamides is 1. The maximum Gasteiger partial charge on any atom is 0.242 e. The van der Waals surface area contributed by atoms with Gasteiger partial charge in [0.1, 0.15) is 10.7 Å². The molecule has 0 saturated carbocycles. The van der Waals surface area contributed by atoms with E-state index in [1.807, 2.05) is 6.20 Å². The van der Waals surface area contributed by atoms with Crippen LogP contribution >= 0.6 is 11.6 Å². The van der Waals surface area contributed by atoms with Crippen LogP contribution in [0.4, 0.5) is 5.82 Å².